The Morgan fingerprint density at radius 3 is 2.19 bits per heavy atom. The maximum Gasteiger partial charge on any atom is 0.281 e. The van der Waals surface area contributed by atoms with Gasteiger partial charge in [-0.15, -0.1) is 0 Å². The Bertz CT molecular complexity index is 1530. The third-order valence-corrected chi connectivity index (χ3v) is 4.96. The van der Waals surface area contributed by atoms with E-state index in [1.165, 1.54) is 55.7 Å². The van der Waals surface area contributed by atoms with Crippen molar-refractivity contribution in [2.24, 2.45) is 5.10 Å². The van der Waals surface area contributed by atoms with Crippen molar-refractivity contribution in [3.8, 4) is 23.0 Å². The van der Waals surface area contributed by atoms with Gasteiger partial charge in [-0.05, 0) is 48.5 Å². The lowest BCUT2D eigenvalue weighted by Gasteiger charge is -2.12. The summed E-state index contributed by atoms with van der Waals surface area (Å²) >= 11 is 0. The molecule has 4 rings (SSSR count). The minimum Gasteiger partial charge on any atom is -0.504 e. The maximum absolute atomic E-state index is 14.8. The summed E-state index contributed by atoms with van der Waals surface area (Å²) in [7, 11) is 1.38. The first kappa shape index (κ1) is 24.9. The fraction of sp³-hybridized carbons (Fsp3) is 0.0400. The van der Waals surface area contributed by atoms with Crippen LogP contribution in [0.5, 0.6) is 23.0 Å². The first-order valence-corrected chi connectivity index (χ1v) is 10.7. The van der Waals surface area contributed by atoms with Crippen LogP contribution in [0.15, 0.2) is 72.0 Å². The average molecular weight is 507 g/mol. The van der Waals surface area contributed by atoms with Crippen LogP contribution < -0.4 is 20.8 Å². The normalized spacial score (nSPS) is 11.2. The third-order valence-electron chi connectivity index (χ3n) is 4.96. The number of carbonyl (C=O) groups is 2. The Morgan fingerprint density at radius 2 is 1.51 bits per heavy atom. The zero-order valence-corrected chi connectivity index (χ0v) is 19.1. The lowest BCUT2D eigenvalue weighted by molar-refractivity contribution is -0.114. The minimum absolute atomic E-state index is 0.00962. The average Bonchev–Trinajstić information content (AvgIpc) is 2.86. The second-order valence-corrected chi connectivity index (χ2v) is 7.51. The molecule has 5 N–H and O–H groups in total. The van der Waals surface area contributed by atoms with Gasteiger partial charge in [0, 0.05) is 42.1 Å². The van der Waals surface area contributed by atoms with E-state index in [9.17, 15) is 28.6 Å². The number of aromatic hydroxyl groups is 2. The van der Waals surface area contributed by atoms with Gasteiger partial charge in [-0.2, -0.15) is 5.10 Å². The number of carbonyl (C=O) groups excluding carboxylic acids is 2. The van der Waals surface area contributed by atoms with E-state index >= 15 is 0 Å². The van der Waals surface area contributed by atoms with Gasteiger partial charge in [-0.1, -0.05) is 0 Å². The summed E-state index contributed by atoms with van der Waals surface area (Å²) in [4.78, 5) is 29.3. The molecule has 2 amide bonds. The van der Waals surface area contributed by atoms with Crippen LogP contribution in [0.1, 0.15) is 0 Å². The zero-order valence-electron chi connectivity index (χ0n) is 19.1. The third kappa shape index (κ3) is 5.70. The predicted octanol–water partition coefficient (Wildman–Crippen LogP) is 3.87. The number of ether oxygens (including phenoxy) is 1. The van der Waals surface area contributed by atoms with E-state index in [1.807, 2.05) is 0 Å². The monoisotopic (exact) mass is 507 g/mol. The number of anilines is 2. The van der Waals surface area contributed by atoms with Gasteiger partial charge in [0.2, 0.25) is 5.71 Å². The number of hydrazone groups is 1. The van der Waals surface area contributed by atoms with E-state index in [1.54, 1.807) is 0 Å². The Morgan fingerprint density at radius 1 is 0.865 bits per heavy atom. The molecular formula is C25H19F2N5O5. The number of phenols is 2. The molecule has 0 aliphatic heterocycles. The number of benzene rings is 3. The summed E-state index contributed by atoms with van der Waals surface area (Å²) in [6.07, 6.45) is 1.39. The fourth-order valence-corrected chi connectivity index (χ4v) is 3.24. The number of hydrogen-bond donors (Lipinski definition) is 5. The van der Waals surface area contributed by atoms with Crippen molar-refractivity contribution in [2.75, 3.05) is 17.7 Å². The molecule has 0 atom stereocenters. The van der Waals surface area contributed by atoms with Gasteiger partial charge in [0.15, 0.2) is 23.1 Å². The molecule has 3 aromatic carbocycles. The van der Waals surface area contributed by atoms with Gasteiger partial charge in [0.25, 0.3) is 11.8 Å². The summed E-state index contributed by atoms with van der Waals surface area (Å²) in [5, 5.41) is 28.3. The molecule has 12 heteroatoms. The van der Waals surface area contributed by atoms with Crippen molar-refractivity contribution >= 4 is 39.8 Å². The lowest BCUT2D eigenvalue weighted by Crippen LogP contribution is -2.35. The number of pyridine rings is 1. The van der Waals surface area contributed by atoms with Crippen LogP contribution in [0.3, 0.4) is 0 Å². The Balaban J connectivity index is 1.50. The maximum atomic E-state index is 14.8. The molecule has 37 heavy (non-hydrogen) atoms. The van der Waals surface area contributed by atoms with E-state index in [0.29, 0.717) is 10.9 Å². The highest BCUT2D eigenvalue weighted by Crippen LogP contribution is 2.36. The second kappa shape index (κ2) is 10.6. The Labute approximate surface area is 208 Å². The number of aromatic nitrogens is 1. The summed E-state index contributed by atoms with van der Waals surface area (Å²) < 4.78 is 33.5. The Kier molecular flexibility index (Phi) is 7.09. The van der Waals surface area contributed by atoms with E-state index in [2.05, 4.69) is 26.1 Å². The SMILES string of the molecule is CN/N=C(\C(=O)Nc1ccc(F)cc1)C(=O)Nc1ccc(Oc2ccnc3cc(O)c(O)cc23)c(F)c1. The fourth-order valence-electron chi connectivity index (χ4n) is 3.24. The summed E-state index contributed by atoms with van der Waals surface area (Å²) in [5.41, 5.74) is 2.36. The highest BCUT2D eigenvalue weighted by molar-refractivity contribution is 6.69. The molecule has 10 nitrogen and oxygen atoms in total. The molecule has 1 aromatic heterocycles. The first-order chi connectivity index (χ1) is 17.7. The van der Waals surface area contributed by atoms with Gasteiger partial charge in [-0.3, -0.25) is 14.6 Å². The van der Waals surface area contributed by atoms with Crippen LogP contribution in [-0.2, 0) is 9.59 Å². The largest absolute Gasteiger partial charge is 0.504 e. The van der Waals surface area contributed by atoms with Crippen molar-refractivity contribution in [2.45, 2.75) is 0 Å². The van der Waals surface area contributed by atoms with Crippen LogP contribution in [0.4, 0.5) is 20.2 Å². The first-order valence-electron chi connectivity index (χ1n) is 10.7. The Hall–Kier alpha value is -5.26. The predicted molar refractivity (Wildman–Crippen MR) is 132 cm³/mol. The van der Waals surface area contributed by atoms with Gasteiger partial charge in [0.1, 0.15) is 11.6 Å². The molecule has 0 saturated heterocycles. The molecular weight excluding hydrogens is 488 g/mol. The van der Waals surface area contributed by atoms with Gasteiger partial charge < -0.3 is 31.0 Å². The van der Waals surface area contributed by atoms with E-state index in [4.69, 9.17) is 4.74 Å². The highest BCUT2D eigenvalue weighted by atomic mass is 19.1. The molecule has 0 bridgehead atoms. The molecule has 0 radical (unpaired) electrons. The molecule has 188 valence electrons. The number of halogens is 2. The zero-order chi connectivity index (χ0) is 26.5. The van der Waals surface area contributed by atoms with Crippen molar-refractivity contribution in [1.82, 2.24) is 10.4 Å². The molecule has 0 saturated carbocycles. The number of hydrogen-bond acceptors (Lipinski definition) is 8. The van der Waals surface area contributed by atoms with E-state index in [0.717, 1.165) is 18.2 Å². The summed E-state index contributed by atoms with van der Waals surface area (Å²) in [6, 6.07) is 12.4. The minimum atomic E-state index is -0.933. The molecule has 0 fully saturated rings. The molecule has 1 heterocycles. The smallest absolute Gasteiger partial charge is 0.281 e. The number of phenolic OH excluding ortho intramolecular Hbond substituents is 2. The number of nitrogens with zero attached hydrogens (tertiary/aromatic N) is 2. The highest BCUT2D eigenvalue weighted by Gasteiger charge is 2.22. The molecule has 0 aliphatic carbocycles. The molecule has 4 aromatic rings. The standard InChI is InChI=1S/C25H19F2N5O5/c1-28-32-23(24(35)30-14-4-2-13(26)3-5-14)25(36)31-15-6-7-22(17(27)10-15)37-21-8-9-29-18-12-20(34)19(33)11-16(18)21/h2-12,28,33-34H,1H3,(H,30,35)(H,31,36)/b32-23+. The van der Waals surface area contributed by atoms with E-state index < -0.39 is 34.9 Å². The van der Waals surface area contributed by atoms with Crippen molar-refractivity contribution in [1.29, 1.82) is 0 Å². The van der Waals surface area contributed by atoms with Gasteiger partial charge >= 0.3 is 0 Å². The van der Waals surface area contributed by atoms with Crippen LogP contribution in [-0.4, -0.2) is 39.8 Å². The second-order valence-electron chi connectivity index (χ2n) is 7.51. The van der Waals surface area contributed by atoms with Crippen LogP contribution in [0, 0.1) is 11.6 Å². The topological polar surface area (TPSA) is 145 Å². The van der Waals surface area contributed by atoms with Crippen LogP contribution in [0.25, 0.3) is 10.9 Å². The number of rotatable bonds is 7. The number of nitrogens with one attached hydrogen (secondary N) is 3. The van der Waals surface area contributed by atoms with Crippen molar-refractivity contribution < 1.29 is 33.3 Å². The molecule has 0 aliphatic rings. The quantitative estimate of drug-likeness (QED) is 0.111. The van der Waals surface area contributed by atoms with Crippen molar-refractivity contribution in [3.05, 3.63) is 78.5 Å². The van der Waals surface area contributed by atoms with Crippen LogP contribution >= 0.6 is 0 Å². The summed E-state index contributed by atoms with van der Waals surface area (Å²) in [5.74, 6) is -3.94. The van der Waals surface area contributed by atoms with Crippen molar-refractivity contribution in [3.63, 3.8) is 0 Å². The van der Waals surface area contributed by atoms with Gasteiger partial charge in [-0.25, -0.2) is 8.78 Å². The van der Waals surface area contributed by atoms with Gasteiger partial charge in [0.05, 0.1) is 5.52 Å². The molecule has 0 spiro atoms. The number of fused-ring (bicyclic) bond motifs is 1. The summed E-state index contributed by atoms with van der Waals surface area (Å²) in [6.45, 7) is 0. The number of amides is 2. The lowest BCUT2D eigenvalue weighted by atomic mass is 10.2. The van der Waals surface area contributed by atoms with Crippen LogP contribution in [0.2, 0.25) is 0 Å². The van der Waals surface area contributed by atoms with E-state index in [-0.39, 0.29) is 28.6 Å². The molecule has 0 unspecified atom stereocenters.